The maximum absolute atomic E-state index is 13.6. The molecule has 0 atom stereocenters. The molecular formula is C27H29BrN4O4S. The maximum atomic E-state index is 13.6. The summed E-state index contributed by atoms with van der Waals surface area (Å²) in [4.78, 5) is 35.8. The summed E-state index contributed by atoms with van der Waals surface area (Å²) < 4.78 is 6.85. The topological polar surface area (TPSA) is 119 Å². The van der Waals surface area contributed by atoms with Crippen molar-refractivity contribution in [1.29, 1.82) is 0 Å². The number of nitrogens with two attached hydrogens (primary N) is 1. The number of thioether (sulfide) groups is 1. The van der Waals surface area contributed by atoms with Crippen molar-refractivity contribution >= 4 is 45.0 Å². The molecule has 1 heterocycles. The quantitative estimate of drug-likeness (QED) is 0.278. The highest BCUT2D eigenvalue weighted by Gasteiger charge is 2.21. The lowest BCUT2D eigenvalue weighted by Gasteiger charge is -2.22. The molecule has 0 saturated heterocycles. The molecule has 0 aliphatic heterocycles. The van der Waals surface area contributed by atoms with Crippen LogP contribution in [0, 0.1) is 6.92 Å². The molecule has 1 amide bonds. The van der Waals surface area contributed by atoms with Gasteiger partial charge in [-0.05, 0) is 77.8 Å². The fraction of sp³-hybridized carbons (Fsp3) is 0.259. The SMILES string of the molecule is CCc1ccc(Oc2ccccc2Br)c(C(=O)S/C(CCO)=C(/C)N(C=O)Cc2cnc(C)nc2N)c1. The van der Waals surface area contributed by atoms with Gasteiger partial charge in [-0.2, -0.15) is 0 Å². The minimum Gasteiger partial charge on any atom is -0.455 e. The monoisotopic (exact) mass is 584 g/mol. The number of anilines is 1. The normalized spacial score (nSPS) is 11.6. The molecule has 0 spiro atoms. The number of hydrogen-bond acceptors (Lipinski definition) is 8. The first-order chi connectivity index (χ1) is 17.8. The van der Waals surface area contributed by atoms with Gasteiger partial charge in [-0.1, -0.05) is 25.1 Å². The van der Waals surface area contributed by atoms with Gasteiger partial charge in [0.15, 0.2) is 0 Å². The van der Waals surface area contributed by atoms with E-state index in [4.69, 9.17) is 10.5 Å². The highest BCUT2D eigenvalue weighted by atomic mass is 79.9. The van der Waals surface area contributed by atoms with Gasteiger partial charge < -0.3 is 20.5 Å². The smallest absolute Gasteiger partial charge is 0.227 e. The van der Waals surface area contributed by atoms with Crippen LogP contribution in [0.2, 0.25) is 0 Å². The molecule has 8 nitrogen and oxygen atoms in total. The molecule has 1 aromatic heterocycles. The van der Waals surface area contributed by atoms with Gasteiger partial charge in [0.2, 0.25) is 11.5 Å². The lowest BCUT2D eigenvalue weighted by atomic mass is 10.1. The van der Waals surface area contributed by atoms with Crippen LogP contribution in [0.15, 0.2) is 63.7 Å². The minimum absolute atomic E-state index is 0.132. The largest absolute Gasteiger partial charge is 0.455 e. The van der Waals surface area contributed by atoms with Crippen LogP contribution in [0.5, 0.6) is 11.5 Å². The summed E-state index contributed by atoms with van der Waals surface area (Å²) in [5, 5.41) is 9.45. The second-order valence-corrected chi connectivity index (χ2v) is 10.1. The number of hydrogen-bond donors (Lipinski definition) is 2. The molecule has 194 valence electrons. The molecule has 2 aromatic carbocycles. The number of aliphatic hydroxyl groups is 1. The molecule has 3 aromatic rings. The Labute approximate surface area is 229 Å². The standard InChI is InChI=1S/C27H29BrN4O4S/c1-4-19-9-10-23(36-24-8-6-5-7-22(24)28)21(13-19)27(35)37-25(11-12-33)17(2)32(16-34)15-20-14-30-18(3)31-26(20)29/h5-10,13-14,16,33H,4,11-12,15H2,1-3H3,(H2,29,30,31)/b25-17-. The Hall–Kier alpha value is -3.21. The Balaban J connectivity index is 1.93. The van der Waals surface area contributed by atoms with E-state index < -0.39 is 0 Å². The average molecular weight is 586 g/mol. The number of rotatable bonds is 11. The molecule has 0 bridgehead atoms. The molecule has 0 unspecified atom stereocenters. The van der Waals surface area contributed by atoms with Crippen molar-refractivity contribution in [2.75, 3.05) is 12.3 Å². The van der Waals surface area contributed by atoms with Crippen LogP contribution in [0.3, 0.4) is 0 Å². The minimum atomic E-state index is -0.260. The highest BCUT2D eigenvalue weighted by Crippen LogP contribution is 2.36. The average Bonchev–Trinajstić information content (AvgIpc) is 2.89. The van der Waals surface area contributed by atoms with E-state index in [1.54, 1.807) is 26.1 Å². The predicted molar refractivity (Wildman–Crippen MR) is 149 cm³/mol. The van der Waals surface area contributed by atoms with Crippen LogP contribution >= 0.6 is 27.7 Å². The summed E-state index contributed by atoms with van der Waals surface area (Å²) in [5.74, 6) is 1.81. The molecule has 3 rings (SSSR count). The Bertz CT molecular complexity index is 1320. The van der Waals surface area contributed by atoms with Crippen LogP contribution < -0.4 is 10.5 Å². The number of aliphatic hydroxyl groups excluding tert-OH is 1. The number of carbonyl (C=O) groups is 2. The van der Waals surface area contributed by atoms with Crippen molar-refractivity contribution in [2.45, 2.75) is 40.2 Å². The summed E-state index contributed by atoms with van der Waals surface area (Å²) in [7, 11) is 0. The Morgan fingerprint density at radius 1 is 1.24 bits per heavy atom. The van der Waals surface area contributed by atoms with Crippen molar-refractivity contribution in [1.82, 2.24) is 14.9 Å². The number of aromatic nitrogens is 2. The summed E-state index contributed by atoms with van der Waals surface area (Å²) in [6.07, 6.45) is 3.18. The predicted octanol–water partition coefficient (Wildman–Crippen LogP) is 5.63. The summed E-state index contributed by atoms with van der Waals surface area (Å²) >= 11 is 4.44. The van der Waals surface area contributed by atoms with Gasteiger partial charge in [0.05, 0.1) is 16.6 Å². The van der Waals surface area contributed by atoms with Gasteiger partial charge in [-0.25, -0.2) is 9.97 Å². The lowest BCUT2D eigenvalue weighted by molar-refractivity contribution is -0.116. The highest BCUT2D eigenvalue weighted by molar-refractivity contribution is 9.10. The van der Waals surface area contributed by atoms with Crippen molar-refractivity contribution in [3.8, 4) is 11.5 Å². The Morgan fingerprint density at radius 2 is 2.00 bits per heavy atom. The van der Waals surface area contributed by atoms with E-state index in [2.05, 4.69) is 25.9 Å². The number of nitrogen functional groups attached to an aromatic ring is 1. The first-order valence-electron chi connectivity index (χ1n) is 11.6. The summed E-state index contributed by atoms with van der Waals surface area (Å²) in [6, 6.07) is 12.9. The van der Waals surface area contributed by atoms with Gasteiger partial charge in [0, 0.05) is 35.4 Å². The van der Waals surface area contributed by atoms with E-state index in [1.165, 1.54) is 4.90 Å². The second-order valence-electron chi connectivity index (χ2n) is 8.15. The Morgan fingerprint density at radius 3 is 2.65 bits per heavy atom. The lowest BCUT2D eigenvalue weighted by Crippen LogP contribution is -2.22. The number of ether oxygens (including phenoxy) is 1. The van der Waals surface area contributed by atoms with Gasteiger partial charge >= 0.3 is 0 Å². The maximum Gasteiger partial charge on any atom is 0.227 e. The molecule has 0 aliphatic rings. The van der Waals surface area contributed by atoms with Gasteiger partial charge in [-0.15, -0.1) is 0 Å². The first kappa shape index (κ1) is 28.4. The number of allylic oxidation sites excluding steroid dienone is 1. The second kappa shape index (κ2) is 13.4. The van der Waals surface area contributed by atoms with Gasteiger partial charge in [-0.3, -0.25) is 9.59 Å². The summed E-state index contributed by atoms with van der Waals surface area (Å²) in [5.41, 5.74) is 8.50. The third-order valence-electron chi connectivity index (χ3n) is 5.60. The number of amides is 1. The molecule has 0 fully saturated rings. The van der Waals surface area contributed by atoms with Gasteiger partial charge in [0.1, 0.15) is 23.1 Å². The van der Waals surface area contributed by atoms with Gasteiger partial charge in [0.25, 0.3) is 0 Å². The zero-order valence-corrected chi connectivity index (χ0v) is 23.3. The third kappa shape index (κ3) is 7.41. The third-order valence-corrected chi connectivity index (χ3v) is 7.41. The van der Waals surface area contributed by atoms with E-state index in [-0.39, 0.29) is 30.5 Å². The number of para-hydroxylation sites is 1. The van der Waals surface area contributed by atoms with E-state index in [0.717, 1.165) is 28.2 Å². The molecule has 10 heteroatoms. The van der Waals surface area contributed by atoms with E-state index in [0.29, 0.717) is 45.5 Å². The van der Waals surface area contributed by atoms with Crippen LogP contribution in [0.25, 0.3) is 0 Å². The van der Waals surface area contributed by atoms with E-state index >= 15 is 0 Å². The molecular weight excluding hydrogens is 556 g/mol. The molecule has 0 radical (unpaired) electrons. The number of halogens is 1. The zero-order valence-electron chi connectivity index (χ0n) is 20.9. The van der Waals surface area contributed by atoms with Crippen LogP contribution in [-0.4, -0.2) is 38.1 Å². The first-order valence-corrected chi connectivity index (χ1v) is 13.3. The number of aryl methyl sites for hydroxylation is 2. The van der Waals surface area contributed by atoms with Crippen LogP contribution in [-0.2, 0) is 17.8 Å². The van der Waals surface area contributed by atoms with Crippen molar-refractivity contribution < 1.29 is 19.4 Å². The molecule has 3 N–H and O–H groups in total. The van der Waals surface area contributed by atoms with Crippen LogP contribution in [0.4, 0.5) is 5.82 Å². The molecule has 0 saturated carbocycles. The zero-order chi connectivity index (χ0) is 26.9. The number of nitrogens with zero attached hydrogens (tertiary/aromatic N) is 3. The molecule has 37 heavy (non-hydrogen) atoms. The van der Waals surface area contributed by atoms with E-state index in [1.807, 2.05) is 43.3 Å². The number of benzene rings is 2. The Kier molecular flexibility index (Phi) is 10.2. The van der Waals surface area contributed by atoms with Crippen molar-refractivity contribution in [3.05, 3.63) is 86.3 Å². The fourth-order valence-electron chi connectivity index (χ4n) is 3.48. The number of carbonyl (C=O) groups excluding carboxylic acids is 2. The molecule has 0 aliphatic carbocycles. The van der Waals surface area contributed by atoms with Crippen molar-refractivity contribution in [2.24, 2.45) is 0 Å². The van der Waals surface area contributed by atoms with Crippen LogP contribution in [0.1, 0.15) is 47.6 Å². The summed E-state index contributed by atoms with van der Waals surface area (Å²) in [6.45, 7) is 5.41. The van der Waals surface area contributed by atoms with Crippen molar-refractivity contribution in [3.63, 3.8) is 0 Å². The fourth-order valence-corrected chi connectivity index (χ4v) is 4.80. The van der Waals surface area contributed by atoms with E-state index in [9.17, 15) is 14.7 Å².